The Morgan fingerprint density at radius 1 is 1.10 bits per heavy atom. The van der Waals surface area contributed by atoms with Crippen LogP contribution in [0.15, 0.2) is 63.9 Å². The monoisotopic (exact) mass is 475 g/mol. The number of carbonyl (C=O) groups is 1. The van der Waals surface area contributed by atoms with E-state index >= 15 is 0 Å². The van der Waals surface area contributed by atoms with Crippen LogP contribution in [0.5, 0.6) is 0 Å². The number of sulfonamides is 1. The first kappa shape index (κ1) is 23.0. The lowest BCUT2D eigenvalue weighted by molar-refractivity contribution is -0.119. The molecule has 0 unspecified atom stereocenters. The fourth-order valence-corrected chi connectivity index (χ4v) is 5.38. The summed E-state index contributed by atoms with van der Waals surface area (Å²) in [6.07, 6.45) is 1.55. The third-order valence-corrected chi connectivity index (χ3v) is 7.56. The number of hydrazone groups is 1. The van der Waals surface area contributed by atoms with Crippen molar-refractivity contribution in [3.8, 4) is 0 Å². The van der Waals surface area contributed by atoms with E-state index in [2.05, 4.69) is 10.5 Å². The van der Waals surface area contributed by atoms with Gasteiger partial charge in [-0.2, -0.15) is 5.10 Å². The highest BCUT2D eigenvalue weighted by molar-refractivity contribution is 7.92. The van der Waals surface area contributed by atoms with Crippen molar-refractivity contribution in [3.05, 3.63) is 80.5 Å². The minimum absolute atomic E-state index is 0.0953. The molecular weight excluding hydrogens is 454 g/mol. The molecule has 0 radical (unpaired) electrons. The lowest BCUT2D eigenvalue weighted by Crippen LogP contribution is -2.40. The molecule has 0 bridgehead atoms. The predicted molar refractivity (Wildman–Crippen MR) is 127 cm³/mol. The largest absolute Gasteiger partial charge is 0.271 e. The number of carbonyl (C=O) groups excluding carboxylic acids is 1. The Labute approximate surface area is 191 Å². The summed E-state index contributed by atoms with van der Waals surface area (Å²) in [5.74, 6) is -0.560. The van der Waals surface area contributed by atoms with E-state index in [1.54, 1.807) is 43.5 Å². The number of halogens is 1. The molecule has 0 saturated carbocycles. The minimum atomic E-state index is -4.00. The van der Waals surface area contributed by atoms with Crippen LogP contribution in [0.2, 0.25) is 5.02 Å². The third-order valence-electron chi connectivity index (χ3n) is 4.60. The fourth-order valence-electron chi connectivity index (χ4n) is 2.88. The summed E-state index contributed by atoms with van der Waals surface area (Å²) in [5.41, 5.74) is 5.40. The summed E-state index contributed by atoms with van der Waals surface area (Å²) in [5, 5.41) is 6.38. The van der Waals surface area contributed by atoms with Gasteiger partial charge in [-0.3, -0.25) is 9.10 Å². The Hall–Kier alpha value is -2.68. The van der Waals surface area contributed by atoms with E-state index in [4.69, 9.17) is 11.6 Å². The molecule has 1 heterocycles. The van der Waals surface area contributed by atoms with Crippen LogP contribution in [0.3, 0.4) is 0 Å². The number of aryl methyl sites for hydroxylation is 3. The molecule has 1 amide bonds. The highest BCUT2D eigenvalue weighted by atomic mass is 35.5. The van der Waals surface area contributed by atoms with Gasteiger partial charge in [0.05, 0.1) is 16.8 Å². The topological polar surface area (TPSA) is 78.8 Å². The van der Waals surface area contributed by atoms with Gasteiger partial charge in [0, 0.05) is 9.90 Å². The number of amides is 1. The van der Waals surface area contributed by atoms with Crippen LogP contribution in [0.25, 0.3) is 0 Å². The SMILES string of the molecule is Cc1ccc(S(=O)(=O)N(CC(=O)N/N=C\c2sccc2C)c2ccc(Cl)cc2C)cc1. The summed E-state index contributed by atoms with van der Waals surface area (Å²) in [4.78, 5) is 13.6. The van der Waals surface area contributed by atoms with Gasteiger partial charge in [-0.15, -0.1) is 11.3 Å². The maximum atomic E-state index is 13.4. The molecule has 0 aliphatic heterocycles. The quantitative estimate of drug-likeness (QED) is 0.398. The molecule has 6 nitrogen and oxygen atoms in total. The number of hydrogen-bond acceptors (Lipinski definition) is 5. The van der Waals surface area contributed by atoms with Gasteiger partial charge in [0.15, 0.2) is 0 Å². The van der Waals surface area contributed by atoms with Crippen LogP contribution < -0.4 is 9.73 Å². The zero-order chi connectivity index (χ0) is 22.6. The van der Waals surface area contributed by atoms with E-state index in [1.165, 1.54) is 23.5 Å². The normalized spacial score (nSPS) is 11.6. The van der Waals surface area contributed by atoms with Gasteiger partial charge in [-0.05, 0) is 73.7 Å². The zero-order valence-electron chi connectivity index (χ0n) is 17.3. The van der Waals surface area contributed by atoms with Gasteiger partial charge in [0.2, 0.25) is 0 Å². The van der Waals surface area contributed by atoms with Crippen LogP contribution in [0.1, 0.15) is 21.6 Å². The van der Waals surface area contributed by atoms with Gasteiger partial charge in [-0.1, -0.05) is 29.3 Å². The van der Waals surface area contributed by atoms with Crippen LogP contribution in [0.4, 0.5) is 5.69 Å². The van der Waals surface area contributed by atoms with Crippen LogP contribution >= 0.6 is 22.9 Å². The highest BCUT2D eigenvalue weighted by Gasteiger charge is 2.28. The summed E-state index contributed by atoms with van der Waals surface area (Å²) in [6.45, 7) is 5.13. The molecule has 2 aromatic carbocycles. The number of thiophene rings is 1. The van der Waals surface area contributed by atoms with E-state index in [9.17, 15) is 13.2 Å². The Kier molecular flexibility index (Phi) is 7.15. The van der Waals surface area contributed by atoms with Crippen molar-refractivity contribution in [2.75, 3.05) is 10.8 Å². The summed E-state index contributed by atoms with van der Waals surface area (Å²) >= 11 is 7.54. The average molecular weight is 476 g/mol. The smallest absolute Gasteiger partial charge is 0.264 e. The second-order valence-corrected chi connectivity index (χ2v) is 10.3. The lowest BCUT2D eigenvalue weighted by Gasteiger charge is -2.25. The predicted octanol–water partition coefficient (Wildman–Crippen LogP) is 4.67. The van der Waals surface area contributed by atoms with Crippen molar-refractivity contribution in [2.45, 2.75) is 25.7 Å². The molecule has 1 aromatic heterocycles. The first-order valence-electron chi connectivity index (χ1n) is 9.40. The molecule has 31 heavy (non-hydrogen) atoms. The van der Waals surface area contributed by atoms with Gasteiger partial charge in [0.1, 0.15) is 6.54 Å². The van der Waals surface area contributed by atoms with Crippen molar-refractivity contribution in [3.63, 3.8) is 0 Å². The van der Waals surface area contributed by atoms with Gasteiger partial charge < -0.3 is 0 Å². The summed E-state index contributed by atoms with van der Waals surface area (Å²) in [6, 6.07) is 13.3. The van der Waals surface area contributed by atoms with E-state index < -0.39 is 22.5 Å². The minimum Gasteiger partial charge on any atom is -0.271 e. The molecule has 3 rings (SSSR count). The molecule has 162 valence electrons. The second kappa shape index (κ2) is 9.64. The van der Waals surface area contributed by atoms with Crippen molar-refractivity contribution in [1.29, 1.82) is 0 Å². The van der Waals surface area contributed by atoms with Crippen LogP contribution in [-0.4, -0.2) is 27.1 Å². The molecule has 1 N–H and O–H groups in total. The van der Waals surface area contributed by atoms with Gasteiger partial charge in [0.25, 0.3) is 15.9 Å². The van der Waals surface area contributed by atoms with Gasteiger partial charge in [-0.25, -0.2) is 13.8 Å². The molecule has 0 saturated heterocycles. The van der Waals surface area contributed by atoms with E-state index in [0.717, 1.165) is 20.3 Å². The average Bonchev–Trinajstić information content (AvgIpc) is 3.12. The lowest BCUT2D eigenvalue weighted by atomic mass is 10.2. The molecule has 0 spiro atoms. The summed E-state index contributed by atoms with van der Waals surface area (Å²) < 4.78 is 27.9. The Morgan fingerprint density at radius 2 is 1.81 bits per heavy atom. The molecule has 9 heteroatoms. The molecule has 0 fully saturated rings. The third kappa shape index (κ3) is 5.52. The number of anilines is 1. The standard InChI is InChI=1S/C22H22ClN3O3S2/c1-15-4-7-19(8-5-15)31(28,29)26(20-9-6-18(23)12-17(20)3)14-22(27)25-24-13-21-16(2)10-11-30-21/h4-13H,14H2,1-3H3,(H,25,27)/b24-13-. The zero-order valence-corrected chi connectivity index (χ0v) is 19.7. The van der Waals surface area contributed by atoms with Crippen molar-refractivity contribution in [2.24, 2.45) is 5.10 Å². The van der Waals surface area contributed by atoms with E-state index in [0.29, 0.717) is 16.3 Å². The Bertz CT molecular complexity index is 1220. The van der Waals surface area contributed by atoms with E-state index in [1.807, 2.05) is 25.3 Å². The molecule has 3 aromatic rings. The summed E-state index contributed by atoms with van der Waals surface area (Å²) in [7, 11) is -4.00. The number of nitrogens with zero attached hydrogens (tertiary/aromatic N) is 2. The maximum absolute atomic E-state index is 13.4. The van der Waals surface area contributed by atoms with Gasteiger partial charge >= 0.3 is 0 Å². The Balaban J connectivity index is 1.90. The Morgan fingerprint density at radius 3 is 2.42 bits per heavy atom. The second-order valence-electron chi connectivity index (χ2n) is 7.02. The molecule has 0 aliphatic carbocycles. The molecule has 0 aliphatic rings. The number of benzene rings is 2. The van der Waals surface area contributed by atoms with Crippen LogP contribution in [0, 0.1) is 20.8 Å². The fraction of sp³-hybridized carbons (Fsp3) is 0.182. The van der Waals surface area contributed by atoms with Crippen molar-refractivity contribution in [1.82, 2.24) is 5.43 Å². The number of nitrogens with one attached hydrogen (secondary N) is 1. The highest BCUT2D eigenvalue weighted by Crippen LogP contribution is 2.29. The van der Waals surface area contributed by atoms with Crippen molar-refractivity contribution < 1.29 is 13.2 Å². The molecular formula is C22H22ClN3O3S2. The number of rotatable bonds is 7. The van der Waals surface area contributed by atoms with Crippen molar-refractivity contribution >= 4 is 50.8 Å². The van der Waals surface area contributed by atoms with E-state index in [-0.39, 0.29) is 4.90 Å². The number of hydrogen-bond donors (Lipinski definition) is 1. The van der Waals surface area contributed by atoms with Crippen LogP contribution in [-0.2, 0) is 14.8 Å². The molecule has 0 atom stereocenters. The first-order chi connectivity index (χ1) is 14.7. The first-order valence-corrected chi connectivity index (χ1v) is 12.1. The maximum Gasteiger partial charge on any atom is 0.264 e.